The summed E-state index contributed by atoms with van der Waals surface area (Å²) < 4.78 is 0. The van der Waals surface area contributed by atoms with E-state index in [1.54, 1.807) is 0 Å². The fraction of sp³-hybridized carbons (Fsp3) is 0.538. The number of pyridine rings is 1. The van der Waals surface area contributed by atoms with Crippen LogP contribution in [0.25, 0.3) is 0 Å². The molecule has 1 fully saturated rings. The van der Waals surface area contributed by atoms with Gasteiger partial charge in [0.25, 0.3) is 0 Å². The highest BCUT2D eigenvalue weighted by Gasteiger charge is 2.18. The number of aromatic nitrogens is 1. The van der Waals surface area contributed by atoms with Gasteiger partial charge in [-0.2, -0.15) is 0 Å². The summed E-state index contributed by atoms with van der Waals surface area (Å²) >= 11 is 0. The minimum absolute atomic E-state index is 0.609. The highest BCUT2D eigenvalue weighted by atomic mass is 16.1. The molecule has 0 bridgehead atoms. The molecule has 0 unspecified atom stereocenters. The van der Waals surface area contributed by atoms with Crippen molar-refractivity contribution in [1.29, 1.82) is 0 Å². The summed E-state index contributed by atoms with van der Waals surface area (Å²) in [4.78, 5) is 17.2. The smallest absolute Gasteiger partial charge is 0.120 e. The fourth-order valence-corrected chi connectivity index (χ4v) is 2.24. The van der Waals surface area contributed by atoms with Crippen molar-refractivity contribution in [3.8, 4) is 0 Å². The van der Waals surface area contributed by atoms with Crippen LogP contribution in [0.3, 0.4) is 0 Å². The maximum absolute atomic E-state index is 10.4. The molecule has 1 aliphatic heterocycles. The Morgan fingerprint density at radius 2 is 2.19 bits per heavy atom. The van der Waals surface area contributed by atoms with Crippen molar-refractivity contribution >= 4 is 6.29 Å². The average Bonchev–Trinajstić information content (AvgIpc) is 2.33. The molecule has 0 atom stereocenters. The summed E-state index contributed by atoms with van der Waals surface area (Å²) in [7, 11) is 0. The summed E-state index contributed by atoms with van der Waals surface area (Å²) in [5.74, 6) is 0.609. The van der Waals surface area contributed by atoms with Crippen LogP contribution < -0.4 is 0 Å². The molecule has 0 N–H and O–H groups in total. The first-order valence-electron chi connectivity index (χ1n) is 5.94. The Hall–Kier alpha value is -1.22. The Labute approximate surface area is 96.5 Å². The van der Waals surface area contributed by atoms with E-state index in [1.807, 2.05) is 18.3 Å². The molecule has 86 valence electrons. The second kappa shape index (κ2) is 5.75. The summed E-state index contributed by atoms with van der Waals surface area (Å²) in [6, 6.07) is 6.04. The number of hydrogen-bond donors (Lipinski definition) is 0. The molecule has 16 heavy (non-hydrogen) atoms. The van der Waals surface area contributed by atoms with Crippen LogP contribution in [-0.4, -0.2) is 29.3 Å². The van der Waals surface area contributed by atoms with E-state index in [2.05, 4.69) is 16.0 Å². The van der Waals surface area contributed by atoms with Crippen LogP contribution in [0.5, 0.6) is 0 Å². The van der Waals surface area contributed by atoms with Gasteiger partial charge in [-0.05, 0) is 44.0 Å². The zero-order valence-corrected chi connectivity index (χ0v) is 9.51. The summed E-state index contributed by atoms with van der Waals surface area (Å²) in [6.45, 7) is 3.12. The quantitative estimate of drug-likeness (QED) is 0.723. The third-order valence-corrected chi connectivity index (χ3v) is 3.25. The molecule has 0 aromatic carbocycles. The number of aldehydes is 1. The normalized spacial score (nSPS) is 18.5. The second-order valence-electron chi connectivity index (χ2n) is 4.44. The monoisotopic (exact) mass is 218 g/mol. The van der Waals surface area contributed by atoms with Crippen molar-refractivity contribution in [3.05, 3.63) is 30.1 Å². The topological polar surface area (TPSA) is 33.2 Å². The van der Waals surface area contributed by atoms with E-state index in [9.17, 15) is 4.79 Å². The molecule has 1 aromatic rings. The molecule has 1 aromatic heterocycles. The lowest BCUT2D eigenvalue weighted by Crippen LogP contribution is -2.33. The second-order valence-corrected chi connectivity index (χ2v) is 4.44. The molecule has 3 nitrogen and oxygen atoms in total. The van der Waals surface area contributed by atoms with Crippen LogP contribution in [-0.2, 0) is 11.3 Å². The predicted octanol–water partition coefficient (Wildman–Crippen LogP) is 1.88. The van der Waals surface area contributed by atoms with Crippen LogP contribution in [0.4, 0.5) is 0 Å². The van der Waals surface area contributed by atoms with Gasteiger partial charge in [0.2, 0.25) is 0 Å². The molecule has 1 saturated heterocycles. The molecular formula is C13H18N2O. The molecule has 0 spiro atoms. The molecule has 0 radical (unpaired) electrons. The van der Waals surface area contributed by atoms with Crippen molar-refractivity contribution < 1.29 is 4.79 Å². The maximum Gasteiger partial charge on any atom is 0.120 e. The van der Waals surface area contributed by atoms with Gasteiger partial charge in [-0.1, -0.05) is 6.07 Å². The Morgan fingerprint density at radius 1 is 1.38 bits per heavy atom. The minimum atomic E-state index is 0.609. The third-order valence-electron chi connectivity index (χ3n) is 3.25. The number of piperidine rings is 1. The summed E-state index contributed by atoms with van der Waals surface area (Å²) in [5, 5.41) is 0. The van der Waals surface area contributed by atoms with Crippen LogP contribution in [0.2, 0.25) is 0 Å². The molecule has 0 aliphatic carbocycles. The summed E-state index contributed by atoms with van der Waals surface area (Å²) in [6.07, 6.45) is 5.92. The van der Waals surface area contributed by atoms with E-state index in [0.29, 0.717) is 5.92 Å². The number of likely N-dealkylation sites (tertiary alicyclic amines) is 1. The van der Waals surface area contributed by atoms with E-state index in [0.717, 1.165) is 50.9 Å². The van der Waals surface area contributed by atoms with E-state index in [-0.39, 0.29) is 0 Å². The van der Waals surface area contributed by atoms with Crippen LogP contribution >= 0.6 is 0 Å². The lowest BCUT2D eigenvalue weighted by Gasteiger charge is -2.30. The molecule has 3 heteroatoms. The number of nitrogens with zero attached hydrogens (tertiary/aromatic N) is 2. The van der Waals surface area contributed by atoms with E-state index in [1.165, 1.54) is 0 Å². The van der Waals surface area contributed by atoms with Gasteiger partial charge in [-0.25, -0.2) is 0 Å². The molecule has 2 rings (SSSR count). The lowest BCUT2D eigenvalue weighted by molar-refractivity contribution is -0.108. The number of rotatable bonds is 4. The predicted molar refractivity (Wildman–Crippen MR) is 62.9 cm³/mol. The van der Waals surface area contributed by atoms with Crippen molar-refractivity contribution in [1.82, 2.24) is 9.88 Å². The fourth-order valence-electron chi connectivity index (χ4n) is 2.24. The van der Waals surface area contributed by atoms with Crippen LogP contribution in [0.1, 0.15) is 25.0 Å². The minimum Gasteiger partial charge on any atom is -0.303 e. The first kappa shape index (κ1) is 11.3. The Bertz CT molecular complexity index is 318. The summed E-state index contributed by atoms with van der Waals surface area (Å²) in [5.41, 5.74) is 1.14. The van der Waals surface area contributed by atoms with Gasteiger partial charge >= 0.3 is 0 Å². The largest absolute Gasteiger partial charge is 0.303 e. The number of carbonyl (C=O) groups is 1. The standard InChI is InChI=1S/C13H18N2O/c16-10-6-12-4-8-15(9-5-12)11-13-3-1-2-7-14-13/h1-3,7,10,12H,4-6,8-9,11H2. The lowest BCUT2D eigenvalue weighted by atomic mass is 9.94. The van der Waals surface area contributed by atoms with E-state index < -0.39 is 0 Å². The maximum atomic E-state index is 10.4. The zero-order chi connectivity index (χ0) is 11.2. The molecule has 0 saturated carbocycles. The van der Waals surface area contributed by atoms with Gasteiger partial charge in [-0.3, -0.25) is 9.88 Å². The van der Waals surface area contributed by atoms with Crippen molar-refractivity contribution in [2.75, 3.05) is 13.1 Å². The highest BCUT2D eigenvalue weighted by molar-refractivity contribution is 5.49. The van der Waals surface area contributed by atoms with Gasteiger partial charge in [-0.15, -0.1) is 0 Å². The van der Waals surface area contributed by atoms with Crippen molar-refractivity contribution in [2.24, 2.45) is 5.92 Å². The van der Waals surface area contributed by atoms with E-state index >= 15 is 0 Å². The van der Waals surface area contributed by atoms with Crippen molar-refractivity contribution in [3.63, 3.8) is 0 Å². The van der Waals surface area contributed by atoms with Crippen LogP contribution in [0.15, 0.2) is 24.4 Å². The SMILES string of the molecule is O=CCC1CCN(Cc2ccccn2)CC1. The molecule has 0 amide bonds. The Balaban J connectivity index is 1.79. The third kappa shape index (κ3) is 3.14. The van der Waals surface area contributed by atoms with Crippen molar-refractivity contribution in [2.45, 2.75) is 25.8 Å². The van der Waals surface area contributed by atoms with Gasteiger partial charge in [0, 0.05) is 19.2 Å². The van der Waals surface area contributed by atoms with Gasteiger partial charge in [0.05, 0.1) is 5.69 Å². The van der Waals surface area contributed by atoms with Gasteiger partial charge in [0.1, 0.15) is 6.29 Å². The zero-order valence-electron chi connectivity index (χ0n) is 9.51. The first-order chi connectivity index (χ1) is 7.88. The average molecular weight is 218 g/mol. The highest BCUT2D eigenvalue weighted by Crippen LogP contribution is 2.20. The molecule has 1 aliphatic rings. The first-order valence-corrected chi connectivity index (χ1v) is 5.94. The van der Waals surface area contributed by atoms with E-state index in [4.69, 9.17) is 0 Å². The Morgan fingerprint density at radius 3 is 2.81 bits per heavy atom. The number of carbonyl (C=O) groups excluding carboxylic acids is 1. The number of hydrogen-bond acceptors (Lipinski definition) is 3. The Kier molecular flexibility index (Phi) is 4.05. The molecular weight excluding hydrogens is 200 g/mol. The van der Waals surface area contributed by atoms with Gasteiger partial charge < -0.3 is 4.79 Å². The van der Waals surface area contributed by atoms with Gasteiger partial charge in [0.15, 0.2) is 0 Å². The van der Waals surface area contributed by atoms with Crippen LogP contribution in [0, 0.1) is 5.92 Å². The molecule has 2 heterocycles.